The fourth-order valence-electron chi connectivity index (χ4n) is 2.78. The summed E-state index contributed by atoms with van der Waals surface area (Å²) in [7, 11) is 3.16. The van der Waals surface area contributed by atoms with Crippen LogP contribution in [0.25, 0.3) is 28.0 Å². The SMILES string of the molecule is COc1cc2ncnc(-n3ncc(-c4ccccn4)c3N)c2cc1OC. The molecule has 0 saturated carbocycles. The molecule has 0 atom stereocenters. The molecule has 0 aliphatic rings. The van der Waals surface area contributed by atoms with Gasteiger partial charge >= 0.3 is 0 Å². The molecule has 1 aromatic carbocycles. The van der Waals surface area contributed by atoms with Gasteiger partial charge in [0.2, 0.25) is 0 Å². The summed E-state index contributed by atoms with van der Waals surface area (Å²) in [6.45, 7) is 0. The van der Waals surface area contributed by atoms with Gasteiger partial charge in [0.05, 0.1) is 37.2 Å². The highest BCUT2D eigenvalue weighted by Gasteiger charge is 2.17. The van der Waals surface area contributed by atoms with E-state index in [2.05, 4.69) is 20.1 Å². The Hall–Kier alpha value is -3.68. The molecule has 8 heteroatoms. The summed E-state index contributed by atoms with van der Waals surface area (Å²) in [6, 6.07) is 9.23. The Labute approximate surface area is 149 Å². The lowest BCUT2D eigenvalue weighted by Crippen LogP contribution is -2.06. The third-order valence-corrected chi connectivity index (χ3v) is 4.07. The Morgan fingerprint density at radius 1 is 1.00 bits per heavy atom. The molecular formula is C18H16N6O2. The summed E-state index contributed by atoms with van der Waals surface area (Å²) in [5.74, 6) is 2.16. The van der Waals surface area contributed by atoms with Gasteiger partial charge in [0.15, 0.2) is 17.3 Å². The van der Waals surface area contributed by atoms with E-state index in [1.807, 2.05) is 24.3 Å². The van der Waals surface area contributed by atoms with Gasteiger partial charge in [-0.3, -0.25) is 4.98 Å². The minimum absolute atomic E-state index is 0.443. The van der Waals surface area contributed by atoms with Gasteiger partial charge in [-0.1, -0.05) is 6.07 Å². The lowest BCUT2D eigenvalue weighted by atomic mass is 10.2. The van der Waals surface area contributed by atoms with Crippen molar-refractivity contribution in [3.8, 4) is 28.6 Å². The van der Waals surface area contributed by atoms with Crippen molar-refractivity contribution in [2.75, 3.05) is 20.0 Å². The first-order valence-electron chi connectivity index (χ1n) is 7.85. The molecule has 0 saturated heterocycles. The first-order valence-corrected chi connectivity index (χ1v) is 7.85. The average molecular weight is 348 g/mol. The standard InChI is InChI=1S/C18H16N6O2/c1-25-15-7-11-14(8-16(15)26-2)21-10-22-18(11)24-17(19)12(9-23-24)13-5-3-4-6-20-13/h3-10H,19H2,1-2H3. The molecule has 4 rings (SSSR count). The molecule has 130 valence electrons. The van der Waals surface area contributed by atoms with E-state index in [9.17, 15) is 0 Å². The quantitative estimate of drug-likeness (QED) is 0.604. The zero-order chi connectivity index (χ0) is 18.1. The van der Waals surface area contributed by atoms with Crippen molar-refractivity contribution in [3.05, 3.63) is 49.1 Å². The molecule has 3 heterocycles. The maximum Gasteiger partial charge on any atom is 0.167 e. The Bertz CT molecular complexity index is 1080. The Balaban J connectivity index is 1.91. The van der Waals surface area contributed by atoms with Crippen LogP contribution in [0.2, 0.25) is 0 Å². The molecule has 0 radical (unpaired) electrons. The normalized spacial score (nSPS) is 10.8. The van der Waals surface area contributed by atoms with Crippen molar-refractivity contribution in [1.29, 1.82) is 0 Å². The van der Waals surface area contributed by atoms with Crippen LogP contribution in [0.3, 0.4) is 0 Å². The van der Waals surface area contributed by atoms with Crippen molar-refractivity contribution >= 4 is 16.7 Å². The molecule has 0 aliphatic heterocycles. The van der Waals surface area contributed by atoms with E-state index >= 15 is 0 Å². The molecule has 8 nitrogen and oxygen atoms in total. The molecule has 26 heavy (non-hydrogen) atoms. The number of fused-ring (bicyclic) bond motifs is 1. The van der Waals surface area contributed by atoms with Gasteiger partial charge < -0.3 is 15.2 Å². The van der Waals surface area contributed by atoms with E-state index in [1.54, 1.807) is 37.4 Å². The second-order valence-electron chi connectivity index (χ2n) is 5.49. The third kappa shape index (κ3) is 2.48. The fraction of sp³-hybridized carbons (Fsp3) is 0.111. The Morgan fingerprint density at radius 2 is 1.81 bits per heavy atom. The number of methoxy groups -OCH3 is 2. The summed E-state index contributed by atoms with van der Waals surface area (Å²) < 4.78 is 12.3. The van der Waals surface area contributed by atoms with E-state index in [0.717, 1.165) is 16.6 Å². The van der Waals surface area contributed by atoms with Crippen LogP contribution in [-0.2, 0) is 0 Å². The van der Waals surface area contributed by atoms with Crippen LogP contribution < -0.4 is 15.2 Å². The van der Waals surface area contributed by atoms with Crippen LogP contribution in [-0.4, -0.2) is 39.0 Å². The maximum absolute atomic E-state index is 6.33. The van der Waals surface area contributed by atoms with Crippen molar-refractivity contribution in [2.24, 2.45) is 0 Å². The van der Waals surface area contributed by atoms with Gasteiger partial charge in [-0.15, -0.1) is 0 Å². The first kappa shape index (κ1) is 15.8. The van der Waals surface area contributed by atoms with Gasteiger partial charge in [0.1, 0.15) is 12.1 Å². The van der Waals surface area contributed by atoms with E-state index in [4.69, 9.17) is 15.2 Å². The number of nitrogens with two attached hydrogens (primary N) is 1. The number of rotatable bonds is 4. The van der Waals surface area contributed by atoms with E-state index in [0.29, 0.717) is 28.7 Å². The third-order valence-electron chi connectivity index (χ3n) is 4.07. The van der Waals surface area contributed by atoms with Gasteiger partial charge in [0.25, 0.3) is 0 Å². The Morgan fingerprint density at radius 3 is 2.54 bits per heavy atom. The largest absolute Gasteiger partial charge is 0.493 e. The van der Waals surface area contributed by atoms with Gasteiger partial charge in [-0.25, -0.2) is 9.97 Å². The van der Waals surface area contributed by atoms with Crippen molar-refractivity contribution in [1.82, 2.24) is 24.7 Å². The van der Waals surface area contributed by atoms with Crippen LogP contribution in [0.1, 0.15) is 0 Å². The number of aromatic nitrogens is 5. The van der Waals surface area contributed by atoms with Crippen LogP contribution in [0, 0.1) is 0 Å². The molecule has 0 bridgehead atoms. The smallest absolute Gasteiger partial charge is 0.167 e. The van der Waals surface area contributed by atoms with Gasteiger partial charge in [0, 0.05) is 17.6 Å². The molecule has 2 N–H and O–H groups in total. The minimum atomic E-state index is 0.443. The molecule has 0 fully saturated rings. The van der Waals surface area contributed by atoms with Gasteiger partial charge in [-0.2, -0.15) is 9.78 Å². The van der Waals surface area contributed by atoms with Crippen molar-refractivity contribution < 1.29 is 9.47 Å². The highest BCUT2D eigenvalue weighted by atomic mass is 16.5. The summed E-state index contributed by atoms with van der Waals surface area (Å²) in [5, 5.41) is 5.14. The van der Waals surface area contributed by atoms with Crippen LogP contribution >= 0.6 is 0 Å². The number of nitrogens with zero attached hydrogens (tertiary/aromatic N) is 5. The maximum atomic E-state index is 6.33. The number of nitrogen functional groups attached to an aromatic ring is 1. The highest BCUT2D eigenvalue weighted by molar-refractivity contribution is 5.89. The number of hydrogen-bond donors (Lipinski definition) is 1. The first-order chi connectivity index (χ1) is 12.7. The topological polar surface area (TPSA) is 101 Å². The molecule has 0 amide bonds. The number of pyridine rings is 1. The summed E-state index contributed by atoms with van der Waals surface area (Å²) in [6.07, 6.45) is 4.85. The molecule has 0 unspecified atom stereocenters. The highest BCUT2D eigenvalue weighted by Crippen LogP contribution is 2.34. The van der Waals surface area contributed by atoms with Crippen molar-refractivity contribution in [3.63, 3.8) is 0 Å². The van der Waals surface area contributed by atoms with Crippen LogP contribution in [0.4, 0.5) is 5.82 Å². The fourth-order valence-corrected chi connectivity index (χ4v) is 2.78. The molecular weight excluding hydrogens is 332 g/mol. The predicted molar refractivity (Wildman–Crippen MR) is 97.4 cm³/mol. The van der Waals surface area contributed by atoms with Crippen molar-refractivity contribution in [2.45, 2.75) is 0 Å². The lowest BCUT2D eigenvalue weighted by Gasteiger charge is -2.11. The van der Waals surface area contributed by atoms with Gasteiger partial charge in [-0.05, 0) is 18.2 Å². The average Bonchev–Trinajstić information content (AvgIpc) is 3.08. The molecule has 0 aliphatic carbocycles. The van der Waals surface area contributed by atoms with Crippen LogP contribution in [0.15, 0.2) is 49.1 Å². The second-order valence-corrected chi connectivity index (χ2v) is 5.49. The van der Waals surface area contributed by atoms with E-state index < -0.39 is 0 Å². The zero-order valence-electron chi connectivity index (χ0n) is 14.2. The minimum Gasteiger partial charge on any atom is -0.493 e. The van der Waals surface area contributed by atoms with E-state index in [-0.39, 0.29) is 0 Å². The number of ether oxygens (including phenoxy) is 2. The number of anilines is 1. The molecule has 0 spiro atoms. The van der Waals surface area contributed by atoms with E-state index in [1.165, 1.54) is 6.33 Å². The monoisotopic (exact) mass is 348 g/mol. The Kier molecular flexibility index (Phi) is 3.85. The molecule has 4 aromatic rings. The number of hydrogen-bond acceptors (Lipinski definition) is 7. The second kappa shape index (κ2) is 6.32. The summed E-state index contributed by atoms with van der Waals surface area (Å²) in [5.41, 5.74) is 8.50. The molecule has 3 aromatic heterocycles. The zero-order valence-corrected chi connectivity index (χ0v) is 14.2. The summed E-state index contributed by atoms with van der Waals surface area (Å²) in [4.78, 5) is 13.0. The predicted octanol–water partition coefficient (Wildman–Crippen LogP) is 2.48. The summed E-state index contributed by atoms with van der Waals surface area (Å²) >= 11 is 0. The van der Waals surface area contributed by atoms with Crippen LogP contribution in [0.5, 0.6) is 11.5 Å². The number of benzene rings is 1. The lowest BCUT2D eigenvalue weighted by molar-refractivity contribution is 0.355.